The summed E-state index contributed by atoms with van der Waals surface area (Å²) in [4.78, 5) is 4.04. The highest BCUT2D eigenvalue weighted by molar-refractivity contribution is 5.57. The highest BCUT2D eigenvalue weighted by atomic mass is 14.7. The number of hydrogen-bond donors (Lipinski definition) is 0. The summed E-state index contributed by atoms with van der Waals surface area (Å²) >= 11 is 0. The van der Waals surface area contributed by atoms with Crippen LogP contribution in [0.3, 0.4) is 0 Å². The molecule has 0 bridgehead atoms. The summed E-state index contributed by atoms with van der Waals surface area (Å²) in [5.41, 5.74) is 1.16. The van der Waals surface area contributed by atoms with Crippen molar-refractivity contribution in [1.29, 1.82) is 15.8 Å². The molecule has 0 aliphatic carbocycles. The van der Waals surface area contributed by atoms with Crippen molar-refractivity contribution in [2.75, 3.05) is 0 Å². The molecule has 0 aliphatic rings. The van der Waals surface area contributed by atoms with Gasteiger partial charge < -0.3 is 0 Å². The molecule has 0 radical (unpaired) electrons. The molecule has 0 fully saturated rings. The second-order valence-electron chi connectivity index (χ2n) is 3.61. The van der Waals surface area contributed by atoms with Crippen molar-refractivity contribution in [1.82, 2.24) is 0 Å². The van der Waals surface area contributed by atoms with Crippen LogP contribution in [0.4, 0.5) is 0 Å². The summed E-state index contributed by atoms with van der Waals surface area (Å²) in [6, 6.07) is 11.4. The molecule has 17 heavy (non-hydrogen) atoms. The van der Waals surface area contributed by atoms with E-state index in [0.29, 0.717) is 11.1 Å². The van der Waals surface area contributed by atoms with Crippen LogP contribution in [0.15, 0.2) is 12.1 Å². The highest BCUT2D eigenvalue weighted by Crippen LogP contribution is 2.15. The third-order valence-electron chi connectivity index (χ3n) is 1.96. The van der Waals surface area contributed by atoms with E-state index in [2.05, 4.69) is 10.9 Å². The first-order chi connectivity index (χ1) is 8.12. The highest BCUT2D eigenvalue weighted by Gasteiger charge is 2.12. The Morgan fingerprint density at radius 3 is 1.71 bits per heavy atom. The molecule has 0 N–H and O–H groups in total. The predicted octanol–water partition coefficient (Wildman–Crippen LogP) is 2.39. The molecular weight excluding hydrogens is 212 g/mol. The minimum atomic E-state index is 0.0581. The van der Waals surface area contributed by atoms with E-state index in [0.717, 1.165) is 0 Å². The van der Waals surface area contributed by atoms with Gasteiger partial charge in [-0.3, -0.25) is 0 Å². The molecule has 0 saturated heterocycles. The van der Waals surface area contributed by atoms with Crippen molar-refractivity contribution in [3.8, 4) is 24.3 Å². The molecule has 0 saturated carbocycles. The SMILES string of the molecule is CC(C)[N+]#Cc1cc(C#N)c(C#N)cc1C#N. The Kier molecular flexibility index (Phi) is 3.83. The Balaban J connectivity index is 3.45. The van der Waals surface area contributed by atoms with Crippen LogP contribution in [0.5, 0.6) is 0 Å². The van der Waals surface area contributed by atoms with Crippen LogP contribution in [0, 0.1) is 40.1 Å². The molecule has 0 spiro atoms. The Morgan fingerprint density at radius 2 is 1.29 bits per heavy atom. The maximum atomic E-state index is 8.94. The molecule has 4 nitrogen and oxygen atoms in total. The molecule has 0 amide bonds. The first-order valence-corrected chi connectivity index (χ1v) is 4.96. The largest absolute Gasteiger partial charge is 0.312 e. The molecule has 1 aromatic rings. The van der Waals surface area contributed by atoms with Crippen LogP contribution in [0.2, 0.25) is 0 Å². The van der Waals surface area contributed by atoms with E-state index >= 15 is 0 Å². The van der Waals surface area contributed by atoms with E-state index in [-0.39, 0.29) is 17.2 Å². The van der Waals surface area contributed by atoms with Crippen molar-refractivity contribution in [2.24, 2.45) is 0 Å². The Bertz CT molecular complexity index is 625. The zero-order valence-corrected chi connectivity index (χ0v) is 9.52. The van der Waals surface area contributed by atoms with Gasteiger partial charge in [-0.15, -0.1) is 0 Å². The number of hydrogen-bond acceptors (Lipinski definition) is 3. The first-order valence-electron chi connectivity index (χ1n) is 4.96. The monoisotopic (exact) mass is 221 g/mol. The molecule has 4 heteroatoms. The van der Waals surface area contributed by atoms with Crippen LogP contribution in [-0.4, -0.2) is 6.04 Å². The van der Waals surface area contributed by atoms with Crippen LogP contribution in [-0.2, 0) is 0 Å². The molecule has 0 heterocycles. The lowest BCUT2D eigenvalue weighted by molar-refractivity contribution is 0.977. The Labute approximate surface area is 99.8 Å². The van der Waals surface area contributed by atoms with Gasteiger partial charge in [-0.05, 0) is 12.1 Å². The maximum Gasteiger partial charge on any atom is 0.312 e. The van der Waals surface area contributed by atoms with Crippen LogP contribution >= 0.6 is 0 Å². The van der Waals surface area contributed by atoms with Crippen molar-refractivity contribution < 1.29 is 0 Å². The fraction of sp³-hybridized carbons (Fsp3) is 0.231. The minimum absolute atomic E-state index is 0.0581. The lowest BCUT2D eigenvalue weighted by Gasteiger charge is -1.95. The van der Waals surface area contributed by atoms with E-state index in [4.69, 9.17) is 15.8 Å². The first kappa shape index (κ1) is 12.3. The summed E-state index contributed by atoms with van der Waals surface area (Å²) in [5, 5.41) is 26.6. The number of rotatable bonds is 0. The molecule has 80 valence electrons. The molecule has 1 rings (SSSR count). The third-order valence-corrected chi connectivity index (χ3v) is 1.96. The molecule has 0 atom stereocenters. The van der Waals surface area contributed by atoms with E-state index in [1.807, 2.05) is 32.1 Å². The lowest BCUT2D eigenvalue weighted by Crippen LogP contribution is -1.92. The van der Waals surface area contributed by atoms with Gasteiger partial charge in [-0.25, -0.2) is 0 Å². The van der Waals surface area contributed by atoms with Gasteiger partial charge >= 0.3 is 6.07 Å². The van der Waals surface area contributed by atoms with Gasteiger partial charge in [-0.2, -0.15) is 15.8 Å². The standard InChI is InChI=1S/C13H9N4/c1-9(2)17-8-13-4-11(6-15)10(5-14)3-12(13)7-16/h3-4,9H,1-2H3/q+1. The number of benzene rings is 1. The van der Waals surface area contributed by atoms with E-state index in [9.17, 15) is 0 Å². The summed E-state index contributed by atoms with van der Waals surface area (Å²) in [6.07, 6.45) is 0. The third kappa shape index (κ3) is 2.82. The number of nitrogens with zero attached hydrogens (tertiary/aromatic N) is 4. The Morgan fingerprint density at radius 1 is 0.882 bits per heavy atom. The topological polar surface area (TPSA) is 75.7 Å². The molecule has 0 aromatic heterocycles. The summed E-state index contributed by atoms with van der Waals surface area (Å²) in [6.45, 7) is 3.77. The van der Waals surface area contributed by atoms with E-state index in [1.165, 1.54) is 12.1 Å². The van der Waals surface area contributed by atoms with Crippen LogP contribution < -0.4 is 0 Å². The predicted molar refractivity (Wildman–Crippen MR) is 62.1 cm³/mol. The maximum absolute atomic E-state index is 8.94. The van der Waals surface area contributed by atoms with Gasteiger partial charge in [0.15, 0.2) is 0 Å². The quantitative estimate of drug-likeness (QED) is 0.674. The molecule has 0 unspecified atom stereocenters. The van der Waals surface area contributed by atoms with Gasteiger partial charge in [0.05, 0.1) is 16.7 Å². The minimum Gasteiger partial charge on any atom is -0.192 e. The van der Waals surface area contributed by atoms with Crippen LogP contribution in [0.25, 0.3) is 4.85 Å². The van der Waals surface area contributed by atoms with Crippen molar-refractivity contribution >= 4 is 0 Å². The second-order valence-corrected chi connectivity index (χ2v) is 3.61. The average molecular weight is 221 g/mol. The summed E-state index contributed by atoms with van der Waals surface area (Å²) in [5.74, 6) is 0. The van der Waals surface area contributed by atoms with Gasteiger partial charge in [0.2, 0.25) is 0 Å². The zero-order valence-electron chi connectivity index (χ0n) is 9.52. The normalized spacial score (nSPS) is 8.47. The van der Waals surface area contributed by atoms with Crippen molar-refractivity contribution in [3.05, 3.63) is 39.2 Å². The zero-order chi connectivity index (χ0) is 12.8. The Hall–Kier alpha value is -2.82. The van der Waals surface area contributed by atoms with Gasteiger partial charge in [0.25, 0.3) is 6.04 Å². The second kappa shape index (κ2) is 5.32. The molecular formula is C13H9N4+. The van der Waals surface area contributed by atoms with Crippen molar-refractivity contribution in [3.63, 3.8) is 0 Å². The van der Waals surface area contributed by atoms with E-state index in [1.54, 1.807) is 0 Å². The van der Waals surface area contributed by atoms with Gasteiger partial charge in [0, 0.05) is 13.8 Å². The lowest BCUT2D eigenvalue weighted by atomic mass is 10.0. The average Bonchev–Trinajstić information content (AvgIpc) is 2.34. The van der Waals surface area contributed by atoms with E-state index < -0.39 is 0 Å². The fourth-order valence-corrected chi connectivity index (χ4v) is 1.17. The summed E-state index contributed by atoms with van der Waals surface area (Å²) in [7, 11) is 0. The smallest absolute Gasteiger partial charge is 0.192 e. The molecule has 0 aliphatic heterocycles. The van der Waals surface area contributed by atoms with Gasteiger partial charge in [0.1, 0.15) is 23.8 Å². The summed E-state index contributed by atoms with van der Waals surface area (Å²) < 4.78 is 0. The van der Waals surface area contributed by atoms with Crippen molar-refractivity contribution in [2.45, 2.75) is 19.9 Å². The molecule has 1 aromatic carbocycles. The van der Waals surface area contributed by atoms with Crippen LogP contribution in [0.1, 0.15) is 36.1 Å². The number of nitriles is 3. The van der Waals surface area contributed by atoms with Gasteiger partial charge in [-0.1, -0.05) is 4.85 Å². The fourth-order valence-electron chi connectivity index (χ4n) is 1.17.